The molecule has 0 radical (unpaired) electrons. The maximum Gasteiger partial charge on any atom is 0.418 e. The number of carbonyl (C=O) groups excluding carboxylic acids is 1. The van der Waals surface area contributed by atoms with Gasteiger partial charge in [-0.3, -0.25) is 4.79 Å². The van der Waals surface area contributed by atoms with Gasteiger partial charge in [0.15, 0.2) is 0 Å². The van der Waals surface area contributed by atoms with Crippen molar-refractivity contribution in [2.75, 3.05) is 19.0 Å². The molecule has 0 spiro atoms. The van der Waals surface area contributed by atoms with E-state index in [-0.39, 0.29) is 23.2 Å². The molecule has 1 amide bonds. The fraction of sp³-hybridized carbons (Fsp3) is 0.417. The van der Waals surface area contributed by atoms with Crippen molar-refractivity contribution in [2.45, 2.75) is 18.6 Å². The van der Waals surface area contributed by atoms with Crippen LogP contribution in [0.25, 0.3) is 0 Å². The van der Waals surface area contributed by atoms with Crippen molar-refractivity contribution < 1.29 is 22.7 Å². The van der Waals surface area contributed by atoms with Gasteiger partial charge in [0.25, 0.3) is 0 Å². The Labute approximate surface area is 122 Å². The third-order valence-electron chi connectivity index (χ3n) is 2.51. The van der Waals surface area contributed by atoms with Crippen molar-refractivity contribution in [2.24, 2.45) is 5.73 Å². The van der Waals surface area contributed by atoms with Crippen LogP contribution in [-0.2, 0) is 15.7 Å². The lowest BCUT2D eigenvalue weighted by atomic mass is 10.1. The second kappa shape index (κ2) is 7.05. The first kappa shape index (κ1) is 16.9. The molecule has 0 saturated heterocycles. The number of hydrogen-bond acceptors (Lipinski definition) is 3. The van der Waals surface area contributed by atoms with E-state index in [0.29, 0.717) is 0 Å². The van der Waals surface area contributed by atoms with Crippen LogP contribution in [0.2, 0.25) is 0 Å². The number of halogens is 4. The average Bonchev–Trinajstić information content (AvgIpc) is 2.36. The number of amides is 1. The van der Waals surface area contributed by atoms with Gasteiger partial charge in [-0.2, -0.15) is 13.2 Å². The highest BCUT2D eigenvalue weighted by atomic mass is 79.9. The van der Waals surface area contributed by atoms with E-state index in [1.807, 2.05) is 0 Å². The summed E-state index contributed by atoms with van der Waals surface area (Å²) in [5, 5.41) is 2.19. The Morgan fingerprint density at radius 3 is 2.70 bits per heavy atom. The third kappa shape index (κ3) is 4.77. The Morgan fingerprint density at radius 2 is 2.15 bits per heavy atom. The molecule has 8 heteroatoms. The molecule has 4 nitrogen and oxygen atoms in total. The largest absolute Gasteiger partial charge is 0.418 e. The lowest BCUT2D eigenvalue weighted by Gasteiger charge is -2.16. The number of carbonyl (C=O) groups is 1. The summed E-state index contributed by atoms with van der Waals surface area (Å²) in [6.45, 7) is 0.251. The van der Waals surface area contributed by atoms with Crippen molar-refractivity contribution in [1.82, 2.24) is 0 Å². The number of anilines is 1. The summed E-state index contributed by atoms with van der Waals surface area (Å²) < 4.78 is 43.6. The number of nitrogens with one attached hydrogen (secondary N) is 1. The van der Waals surface area contributed by atoms with Crippen LogP contribution in [0.5, 0.6) is 0 Å². The highest BCUT2D eigenvalue weighted by molar-refractivity contribution is 9.10. The molecule has 0 aliphatic heterocycles. The molecule has 0 aliphatic rings. The van der Waals surface area contributed by atoms with E-state index in [1.54, 1.807) is 0 Å². The van der Waals surface area contributed by atoms with Crippen molar-refractivity contribution >= 4 is 27.5 Å². The maximum absolute atomic E-state index is 12.9. The van der Waals surface area contributed by atoms with Crippen LogP contribution in [0.15, 0.2) is 22.7 Å². The van der Waals surface area contributed by atoms with E-state index in [2.05, 4.69) is 21.2 Å². The van der Waals surface area contributed by atoms with Crippen molar-refractivity contribution in [3.63, 3.8) is 0 Å². The van der Waals surface area contributed by atoms with Crippen LogP contribution in [0, 0.1) is 0 Å². The summed E-state index contributed by atoms with van der Waals surface area (Å²) in [7, 11) is 1.45. The molecule has 1 aromatic carbocycles. The zero-order valence-corrected chi connectivity index (χ0v) is 12.2. The second-order valence-electron chi connectivity index (χ2n) is 4.06. The molecule has 1 rings (SSSR count). The normalized spacial score (nSPS) is 13.1. The molecule has 1 aromatic rings. The summed E-state index contributed by atoms with van der Waals surface area (Å²) in [6.07, 6.45) is -4.34. The summed E-state index contributed by atoms with van der Waals surface area (Å²) in [5.41, 5.74) is 4.31. The number of rotatable bonds is 5. The maximum atomic E-state index is 12.9. The minimum atomic E-state index is -4.57. The Kier molecular flexibility index (Phi) is 5.97. The van der Waals surface area contributed by atoms with Gasteiger partial charge in [0, 0.05) is 18.2 Å². The molecule has 0 aliphatic carbocycles. The van der Waals surface area contributed by atoms with Gasteiger partial charge in [0.1, 0.15) is 0 Å². The van der Waals surface area contributed by atoms with Crippen molar-refractivity contribution in [3.05, 3.63) is 28.2 Å². The SMILES string of the molecule is COCCC(N)C(=O)Nc1ccc(Br)cc1C(F)(F)F. The molecule has 1 unspecified atom stereocenters. The van der Waals surface area contributed by atoms with Gasteiger partial charge in [-0.25, -0.2) is 0 Å². The lowest BCUT2D eigenvalue weighted by molar-refractivity contribution is -0.137. The average molecular weight is 355 g/mol. The van der Waals surface area contributed by atoms with Crippen LogP contribution in [0.1, 0.15) is 12.0 Å². The molecule has 0 aromatic heterocycles. The topological polar surface area (TPSA) is 64.3 Å². The molecule has 20 heavy (non-hydrogen) atoms. The summed E-state index contributed by atoms with van der Waals surface area (Å²) >= 11 is 2.96. The number of hydrogen-bond donors (Lipinski definition) is 2. The lowest BCUT2D eigenvalue weighted by Crippen LogP contribution is -2.37. The molecule has 0 bridgehead atoms. The number of nitrogens with two attached hydrogens (primary N) is 1. The van der Waals surface area contributed by atoms with E-state index in [9.17, 15) is 18.0 Å². The summed E-state index contributed by atoms with van der Waals surface area (Å²) in [4.78, 5) is 11.7. The van der Waals surface area contributed by atoms with E-state index in [4.69, 9.17) is 10.5 Å². The summed E-state index contributed by atoms with van der Waals surface area (Å²) in [5.74, 6) is -0.685. The second-order valence-corrected chi connectivity index (χ2v) is 4.98. The van der Waals surface area contributed by atoms with E-state index in [0.717, 1.165) is 6.07 Å². The Hall–Kier alpha value is -1.12. The van der Waals surface area contributed by atoms with Gasteiger partial charge in [0.05, 0.1) is 17.3 Å². The van der Waals surface area contributed by atoms with Gasteiger partial charge in [-0.1, -0.05) is 15.9 Å². The highest BCUT2D eigenvalue weighted by Gasteiger charge is 2.34. The van der Waals surface area contributed by atoms with Crippen LogP contribution in [0.4, 0.5) is 18.9 Å². The summed E-state index contributed by atoms with van der Waals surface area (Å²) in [6, 6.07) is 2.55. The van der Waals surface area contributed by atoms with Crippen molar-refractivity contribution in [1.29, 1.82) is 0 Å². The Morgan fingerprint density at radius 1 is 1.50 bits per heavy atom. The first-order valence-electron chi connectivity index (χ1n) is 5.68. The molecular formula is C12H14BrF3N2O2. The number of ether oxygens (including phenoxy) is 1. The molecule has 0 saturated carbocycles. The fourth-order valence-corrected chi connectivity index (χ4v) is 1.82. The Bertz CT molecular complexity index is 480. The van der Waals surface area contributed by atoms with Crippen LogP contribution in [0.3, 0.4) is 0 Å². The molecular weight excluding hydrogens is 341 g/mol. The fourth-order valence-electron chi connectivity index (χ4n) is 1.46. The first-order chi connectivity index (χ1) is 9.25. The van der Waals surface area contributed by atoms with E-state index >= 15 is 0 Å². The van der Waals surface area contributed by atoms with E-state index < -0.39 is 23.7 Å². The molecule has 1 atom stereocenters. The predicted octanol–water partition coefficient (Wildman–Crippen LogP) is 2.77. The molecule has 112 valence electrons. The van der Waals surface area contributed by atoms with Gasteiger partial charge in [-0.15, -0.1) is 0 Å². The van der Waals surface area contributed by atoms with Crippen LogP contribution < -0.4 is 11.1 Å². The van der Waals surface area contributed by atoms with Gasteiger partial charge >= 0.3 is 6.18 Å². The molecule has 0 heterocycles. The van der Waals surface area contributed by atoms with Crippen LogP contribution in [-0.4, -0.2) is 25.7 Å². The van der Waals surface area contributed by atoms with Gasteiger partial charge in [0.2, 0.25) is 5.91 Å². The highest BCUT2D eigenvalue weighted by Crippen LogP contribution is 2.36. The number of benzene rings is 1. The standard InChI is InChI=1S/C12H14BrF3N2O2/c1-20-5-4-9(17)11(19)18-10-3-2-7(13)6-8(10)12(14,15)16/h2-3,6,9H,4-5,17H2,1H3,(H,18,19). The van der Waals surface area contributed by atoms with Crippen molar-refractivity contribution in [3.8, 4) is 0 Å². The van der Waals surface area contributed by atoms with Gasteiger partial charge < -0.3 is 15.8 Å². The Balaban J connectivity index is 2.90. The third-order valence-corrected chi connectivity index (χ3v) is 3.01. The minimum absolute atomic E-state index is 0.222. The van der Waals surface area contributed by atoms with Crippen LogP contribution >= 0.6 is 15.9 Å². The van der Waals surface area contributed by atoms with E-state index in [1.165, 1.54) is 19.2 Å². The van der Waals surface area contributed by atoms with Gasteiger partial charge in [-0.05, 0) is 24.6 Å². The molecule has 0 fully saturated rings. The zero-order chi connectivity index (χ0) is 15.3. The molecule has 3 N–H and O–H groups in total. The smallest absolute Gasteiger partial charge is 0.385 e. The monoisotopic (exact) mass is 354 g/mol. The predicted molar refractivity (Wildman–Crippen MR) is 72.2 cm³/mol. The number of alkyl halides is 3. The quantitative estimate of drug-likeness (QED) is 0.854. The first-order valence-corrected chi connectivity index (χ1v) is 6.47. The zero-order valence-electron chi connectivity index (χ0n) is 10.6. The number of methoxy groups -OCH3 is 1. The minimum Gasteiger partial charge on any atom is -0.385 e.